The van der Waals surface area contributed by atoms with Crippen molar-refractivity contribution in [1.82, 2.24) is 4.98 Å². The minimum Gasteiger partial charge on any atom is -0.434 e. The van der Waals surface area contributed by atoms with Gasteiger partial charge in [-0.05, 0) is 29.7 Å². The Bertz CT molecular complexity index is 720. The van der Waals surface area contributed by atoms with Gasteiger partial charge in [0.25, 0.3) is 0 Å². The highest BCUT2D eigenvalue weighted by Crippen LogP contribution is 2.32. The highest BCUT2D eigenvalue weighted by Gasteiger charge is 2.23. The van der Waals surface area contributed by atoms with E-state index >= 15 is 0 Å². The Morgan fingerprint density at radius 2 is 2.14 bits per heavy atom. The van der Waals surface area contributed by atoms with Crippen molar-refractivity contribution in [3.63, 3.8) is 0 Å². The van der Waals surface area contributed by atoms with Crippen LogP contribution in [0.15, 0.2) is 36.5 Å². The monoisotopic (exact) mass is 283 g/mol. The summed E-state index contributed by atoms with van der Waals surface area (Å²) >= 11 is 0. The van der Waals surface area contributed by atoms with Gasteiger partial charge in [0.05, 0.1) is 4.92 Å². The van der Waals surface area contributed by atoms with Gasteiger partial charge >= 0.3 is 11.6 Å². The molecule has 0 aliphatic carbocycles. The Kier molecular flexibility index (Phi) is 4.14. The van der Waals surface area contributed by atoms with Crippen LogP contribution in [0.1, 0.15) is 30.9 Å². The molecule has 0 spiro atoms. The number of hydrogen-bond donors (Lipinski definition) is 0. The van der Waals surface area contributed by atoms with Crippen molar-refractivity contribution in [2.45, 2.75) is 19.8 Å². The zero-order valence-corrected chi connectivity index (χ0v) is 11.6. The molecule has 0 aliphatic heterocycles. The number of ether oxygens (including phenoxy) is 1. The second-order valence-electron chi connectivity index (χ2n) is 4.71. The molecule has 6 heteroatoms. The lowest BCUT2D eigenvalue weighted by atomic mass is 10.0. The standard InChI is InChI=1S/C15H13N3O3/c1-10(2)11-4-3-5-13(8-11)21-15-14(18(19)20)12(9-16)6-7-17-15/h3-8,10H,1-2H3. The molecule has 0 fully saturated rings. The maximum absolute atomic E-state index is 11.1. The van der Waals surface area contributed by atoms with Crippen molar-refractivity contribution in [2.75, 3.05) is 0 Å². The highest BCUT2D eigenvalue weighted by molar-refractivity contribution is 5.55. The van der Waals surface area contributed by atoms with Gasteiger partial charge < -0.3 is 4.74 Å². The topological polar surface area (TPSA) is 89.0 Å². The van der Waals surface area contributed by atoms with Gasteiger partial charge in [-0.3, -0.25) is 10.1 Å². The van der Waals surface area contributed by atoms with Crippen LogP contribution < -0.4 is 4.74 Å². The zero-order chi connectivity index (χ0) is 15.4. The summed E-state index contributed by atoms with van der Waals surface area (Å²) in [5.74, 6) is 0.578. The Labute approximate surface area is 121 Å². The molecule has 1 aromatic heterocycles. The molecule has 106 valence electrons. The average Bonchev–Trinajstić information content (AvgIpc) is 2.46. The maximum Gasteiger partial charge on any atom is 0.348 e. The number of hydrogen-bond acceptors (Lipinski definition) is 5. The van der Waals surface area contributed by atoms with Crippen LogP contribution in [0.3, 0.4) is 0 Å². The fourth-order valence-electron chi connectivity index (χ4n) is 1.82. The molecular formula is C15H13N3O3. The molecule has 21 heavy (non-hydrogen) atoms. The Morgan fingerprint density at radius 1 is 1.38 bits per heavy atom. The smallest absolute Gasteiger partial charge is 0.348 e. The van der Waals surface area contributed by atoms with Crippen LogP contribution in [0.2, 0.25) is 0 Å². The summed E-state index contributed by atoms with van der Waals surface area (Å²) < 4.78 is 5.50. The first-order valence-corrected chi connectivity index (χ1v) is 6.34. The third-order valence-electron chi connectivity index (χ3n) is 2.93. The lowest BCUT2D eigenvalue weighted by Crippen LogP contribution is -1.99. The third-order valence-corrected chi connectivity index (χ3v) is 2.93. The number of pyridine rings is 1. The van der Waals surface area contributed by atoms with E-state index in [1.165, 1.54) is 12.3 Å². The number of nitrogens with zero attached hydrogens (tertiary/aromatic N) is 3. The third kappa shape index (κ3) is 3.15. The molecule has 1 heterocycles. The summed E-state index contributed by atoms with van der Waals surface area (Å²) in [5.41, 5.74) is 0.548. The molecule has 6 nitrogen and oxygen atoms in total. The molecule has 1 aromatic carbocycles. The highest BCUT2D eigenvalue weighted by atomic mass is 16.6. The maximum atomic E-state index is 11.1. The Hall–Kier alpha value is -2.94. The summed E-state index contributed by atoms with van der Waals surface area (Å²) in [4.78, 5) is 14.3. The SMILES string of the molecule is CC(C)c1cccc(Oc2nccc(C#N)c2[N+](=O)[O-])c1. The van der Waals surface area contributed by atoms with Gasteiger partial charge in [-0.15, -0.1) is 0 Å². The van der Waals surface area contributed by atoms with Gasteiger partial charge in [-0.2, -0.15) is 5.26 Å². The van der Waals surface area contributed by atoms with Gasteiger partial charge in [-0.1, -0.05) is 26.0 Å². The van der Waals surface area contributed by atoms with E-state index in [0.717, 1.165) is 5.56 Å². The Balaban J connectivity index is 2.43. The van der Waals surface area contributed by atoms with E-state index < -0.39 is 10.6 Å². The average molecular weight is 283 g/mol. The van der Waals surface area contributed by atoms with Crippen molar-refractivity contribution < 1.29 is 9.66 Å². The predicted octanol–water partition coefficient (Wildman–Crippen LogP) is 3.78. The van der Waals surface area contributed by atoms with Crippen LogP contribution in [0.25, 0.3) is 0 Å². The van der Waals surface area contributed by atoms with Gasteiger partial charge in [0.2, 0.25) is 0 Å². The van der Waals surface area contributed by atoms with E-state index in [9.17, 15) is 10.1 Å². The van der Waals surface area contributed by atoms with E-state index in [2.05, 4.69) is 4.98 Å². The van der Waals surface area contributed by atoms with Crippen molar-refractivity contribution in [2.24, 2.45) is 0 Å². The number of aromatic nitrogens is 1. The first kappa shape index (κ1) is 14.5. The molecule has 0 bridgehead atoms. The molecule has 0 aliphatic rings. The van der Waals surface area contributed by atoms with Crippen molar-refractivity contribution >= 4 is 5.69 Å². The Morgan fingerprint density at radius 3 is 2.76 bits per heavy atom. The van der Waals surface area contributed by atoms with Gasteiger partial charge in [0, 0.05) is 6.20 Å². The first-order valence-electron chi connectivity index (χ1n) is 6.34. The van der Waals surface area contributed by atoms with Crippen molar-refractivity contribution in [3.05, 3.63) is 57.8 Å². The number of benzene rings is 1. The fourth-order valence-corrected chi connectivity index (χ4v) is 1.82. The molecule has 0 radical (unpaired) electrons. The van der Waals surface area contributed by atoms with Crippen molar-refractivity contribution in [3.8, 4) is 17.7 Å². The summed E-state index contributed by atoms with van der Waals surface area (Å²) in [7, 11) is 0. The van der Waals surface area contributed by atoms with Gasteiger partial charge in [-0.25, -0.2) is 4.98 Å². The fraction of sp³-hybridized carbons (Fsp3) is 0.200. The summed E-state index contributed by atoms with van der Waals surface area (Å²) in [5, 5.41) is 20.0. The van der Waals surface area contributed by atoms with Crippen LogP contribution >= 0.6 is 0 Å². The largest absolute Gasteiger partial charge is 0.434 e. The molecule has 2 rings (SSSR count). The van der Waals surface area contributed by atoms with Crippen LogP contribution in [0, 0.1) is 21.4 Å². The quantitative estimate of drug-likeness (QED) is 0.629. The van der Waals surface area contributed by atoms with E-state index in [-0.39, 0.29) is 11.4 Å². The number of rotatable bonds is 4. The molecule has 0 saturated heterocycles. The van der Waals surface area contributed by atoms with E-state index in [0.29, 0.717) is 11.7 Å². The molecule has 0 atom stereocenters. The summed E-state index contributed by atoms with van der Waals surface area (Å²) in [6, 6.07) is 10.3. The molecule has 0 amide bonds. The normalized spacial score (nSPS) is 10.2. The molecule has 0 unspecified atom stereocenters. The van der Waals surface area contributed by atoms with Crippen molar-refractivity contribution in [1.29, 1.82) is 5.26 Å². The lowest BCUT2D eigenvalue weighted by Gasteiger charge is -2.09. The van der Waals surface area contributed by atoms with E-state index in [4.69, 9.17) is 10.00 Å². The van der Waals surface area contributed by atoms with Gasteiger partial charge in [0.15, 0.2) is 0 Å². The minimum absolute atomic E-state index is 0.0787. The second kappa shape index (κ2) is 6.01. The summed E-state index contributed by atoms with van der Waals surface area (Å²) in [6.45, 7) is 4.08. The first-order chi connectivity index (χ1) is 10.0. The summed E-state index contributed by atoms with van der Waals surface area (Å²) in [6.07, 6.45) is 1.31. The van der Waals surface area contributed by atoms with Crippen LogP contribution in [0.5, 0.6) is 11.6 Å². The molecule has 0 N–H and O–H groups in total. The molecular weight excluding hydrogens is 270 g/mol. The van der Waals surface area contributed by atoms with Gasteiger partial charge in [0.1, 0.15) is 17.4 Å². The van der Waals surface area contributed by atoms with Crippen LogP contribution in [-0.4, -0.2) is 9.91 Å². The van der Waals surface area contributed by atoms with Crippen LogP contribution in [-0.2, 0) is 0 Å². The van der Waals surface area contributed by atoms with Crippen LogP contribution in [0.4, 0.5) is 5.69 Å². The molecule has 0 saturated carbocycles. The second-order valence-corrected chi connectivity index (χ2v) is 4.71. The van der Waals surface area contributed by atoms with E-state index in [1.54, 1.807) is 18.2 Å². The zero-order valence-electron chi connectivity index (χ0n) is 11.6. The number of nitriles is 1. The van der Waals surface area contributed by atoms with E-state index in [1.807, 2.05) is 26.0 Å². The lowest BCUT2D eigenvalue weighted by molar-refractivity contribution is -0.386. The minimum atomic E-state index is -0.660. The predicted molar refractivity (Wildman–Crippen MR) is 76.2 cm³/mol. The molecule has 2 aromatic rings. The number of nitro groups is 1.